The second-order valence-corrected chi connectivity index (χ2v) is 12.7. The number of hydrogen-bond donors (Lipinski definition) is 0. The maximum atomic E-state index is 12.6. The molecule has 0 aromatic carbocycles. The van der Waals surface area contributed by atoms with Gasteiger partial charge in [0.05, 0.1) is 0 Å². The number of rotatable bonds is 2. The molecule has 4 aliphatic rings. The molecule has 8 atom stereocenters. The summed E-state index contributed by atoms with van der Waals surface area (Å²) in [7, 11) is 0. The number of carbonyl (C=O) groups is 2. The molecule has 0 radical (unpaired) electrons. The van der Waals surface area contributed by atoms with Crippen LogP contribution in [0.25, 0.3) is 0 Å². The molecule has 0 aromatic heterocycles. The van der Waals surface area contributed by atoms with E-state index in [0.717, 1.165) is 25.0 Å². The third-order valence-corrected chi connectivity index (χ3v) is 11.5. The van der Waals surface area contributed by atoms with Crippen molar-refractivity contribution < 1.29 is 9.59 Å². The van der Waals surface area contributed by atoms with Crippen LogP contribution in [0.15, 0.2) is 12.2 Å². The Morgan fingerprint density at radius 3 is 2.28 bits per heavy atom. The van der Waals surface area contributed by atoms with Gasteiger partial charge >= 0.3 is 0 Å². The largest absolute Gasteiger partial charge is 0.299 e. The van der Waals surface area contributed by atoms with E-state index in [0.29, 0.717) is 27.9 Å². The molecule has 0 amide bonds. The van der Waals surface area contributed by atoms with E-state index >= 15 is 0 Å². The molecule has 2 nitrogen and oxygen atoms in total. The standard InChI is InChI=1S/C27H42O2/c1-19-20(29)8-9-21-25(19,4)12-10-22-26(21,5)15-14-24(3)18-23(2,11-7-17-28)13-16-27(22,24)6/h7,11,17,19,21-22H,8-10,12-16,18H2,1-6H3/b11-7+/t19-,21+,22-,23+,24-,25+,26-,27+/m0/s1. The highest BCUT2D eigenvalue weighted by Gasteiger charge is 2.67. The van der Waals surface area contributed by atoms with Gasteiger partial charge in [0.15, 0.2) is 0 Å². The highest BCUT2D eigenvalue weighted by Crippen LogP contribution is 2.75. The molecule has 4 fully saturated rings. The van der Waals surface area contributed by atoms with E-state index in [4.69, 9.17) is 0 Å². The number of hydrogen-bond acceptors (Lipinski definition) is 2. The molecule has 0 saturated heterocycles. The van der Waals surface area contributed by atoms with Crippen LogP contribution in [-0.2, 0) is 9.59 Å². The number of aldehydes is 1. The maximum Gasteiger partial charge on any atom is 0.142 e. The van der Waals surface area contributed by atoms with E-state index in [9.17, 15) is 9.59 Å². The van der Waals surface area contributed by atoms with Crippen molar-refractivity contribution in [3.05, 3.63) is 12.2 Å². The average Bonchev–Trinajstić information content (AvgIpc) is 2.66. The number of carbonyl (C=O) groups excluding carboxylic acids is 2. The Kier molecular flexibility index (Phi) is 4.81. The minimum absolute atomic E-state index is 0.151. The fourth-order valence-corrected chi connectivity index (χ4v) is 9.36. The molecule has 0 unspecified atom stereocenters. The first-order valence-corrected chi connectivity index (χ1v) is 12.1. The van der Waals surface area contributed by atoms with Crippen LogP contribution in [0, 0.1) is 44.8 Å². The zero-order chi connectivity index (χ0) is 21.3. The maximum absolute atomic E-state index is 12.6. The smallest absolute Gasteiger partial charge is 0.142 e. The van der Waals surface area contributed by atoms with Crippen LogP contribution in [0.4, 0.5) is 0 Å². The summed E-state index contributed by atoms with van der Waals surface area (Å²) in [5.41, 5.74) is 1.41. The number of ketones is 1. The first-order chi connectivity index (χ1) is 13.4. The molecule has 4 saturated carbocycles. The Balaban J connectivity index is 1.69. The van der Waals surface area contributed by atoms with Crippen LogP contribution in [0.5, 0.6) is 0 Å². The quantitative estimate of drug-likeness (QED) is 0.380. The van der Waals surface area contributed by atoms with Gasteiger partial charge in [0.25, 0.3) is 0 Å². The number of allylic oxidation sites excluding steroid dienone is 2. The molecule has 29 heavy (non-hydrogen) atoms. The molecule has 2 heteroatoms. The van der Waals surface area contributed by atoms with Crippen LogP contribution < -0.4 is 0 Å². The van der Waals surface area contributed by atoms with Crippen LogP contribution in [0.2, 0.25) is 0 Å². The molecule has 4 rings (SSSR count). The summed E-state index contributed by atoms with van der Waals surface area (Å²) in [6, 6.07) is 0. The van der Waals surface area contributed by atoms with Gasteiger partial charge in [0.2, 0.25) is 0 Å². The molecule has 0 N–H and O–H groups in total. The molecule has 162 valence electrons. The molecule has 4 aliphatic carbocycles. The van der Waals surface area contributed by atoms with Crippen LogP contribution in [-0.4, -0.2) is 12.1 Å². The molecular formula is C27H42O2. The molecule has 0 heterocycles. The molecule has 0 bridgehead atoms. The summed E-state index contributed by atoms with van der Waals surface area (Å²) in [6.07, 6.45) is 15.5. The summed E-state index contributed by atoms with van der Waals surface area (Å²) in [6.45, 7) is 14.8. The Labute approximate surface area is 178 Å². The first-order valence-electron chi connectivity index (χ1n) is 12.1. The van der Waals surface area contributed by atoms with Gasteiger partial charge in [0, 0.05) is 12.3 Å². The summed E-state index contributed by atoms with van der Waals surface area (Å²) in [5.74, 6) is 2.18. The predicted molar refractivity (Wildman–Crippen MR) is 118 cm³/mol. The molecular weight excluding hydrogens is 356 g/mol. The Morgan fingerprint density at radius 1 is 0.862 bits per heavy atom. The van der Waals surface area contributed by atoms with E-state index in [1.54, 1.807) is 6.08 Å². The number of fused-ring (bicyclic) bond motifs is 5. The minimum Gasteiger partial charge on any atom is -0.299 e. The van der Waals surface area contributed by atoms with E-state index in [2.05, 4.69) is 47.6 Å². The number of Topliss-reactive ketones (excluding diaryl/α,β-unsaturated/α-hetero) is 1. The van der Waals surface area contributed by atoms with Gasteiger partial charge in [-0.2, -0.15) is 0 Å². The van der Waals surface area contributed by atoms with E-state index in [1.165, 1.54) is 44.9 Å². The van der Waals surface area contributed by atoms with E-state index < -0.39 is 0 Å². The van der Waals surface area contributed by atoms with Crippen molar-refractivity contribution in [2.75, 3.05) is 0 Å². The fourth-order valence-electron chi connectivity index (χ4n) is 9.36. The molecule has 0 spiro atoms. The topological polar surface area (TPSA) is 34.1 Å². The van der Waals surface area contributed by atoms with Gasteiger partial charge in [0.1, 0.15) is 12.1 Å². The second-order valence-electron chi connectivity index (χ2n) is 12.7. The fraction of sp³-hybridized carbons (Fsp3) is 0.852. The van der Waals surface area contributed by atoms with Gasteiger partial charge in [-0.3, -0.25) is 9.59 Å². The zero-order valence-electron chi connectivity index (χ0n) is 19.6. The average molecular weight is 399 g/mol. The SMILES string of the molecule is C[C@H]1C(=O)CC[C@@H]2[C@]1(C)CC[C@H]1[C@@]2(C)CC[C@@]2(C)C[C@](C)(/C=C/C=O)CC[C@]12C. The van der Waals surface area contributed by atoms with Crippen molar-refractivity contribution in [1.29, 1.82) is 0 Å². The van der Waals surface area contributed by atoms with Gasteiger partial charge in [-0.1, -0.05) is 47.6 Å². The normalized spacial score (nSPS) is 55.1. The zero-order valence-corrected chi connectivity index (χ0v) is 19.6. The highest BCUT2D eigenvalue weighted by molar-refractivity contribution is 5.82. The van der Waals surface area contributed by atoms with Crippen molar-refractivity contribution in [2.45, 2.75) is 99.3 Å². The van der Waals surface area contributed by atoms with E-state index in [-0.39, 0.29) is 16.7 Å². The van der Waals surface area contributed by atoms with Crippen LogP contribution in [0.1, 0.15) is 99.3 Å². The summed E-state index contributed by atoms with van der Waals surface area (Å²) < 4.78 is 0. The van der Waals surface area contributed by atoms with Crippen molar-refractivity contribution in [2.24, 2.45) is 44.8 Å². The van der Waals surface area contributed by atoms with Crippen molar-refractivity contribution in [3.63, 3.8) is 0 Å². The lowest BCUT2D eigenvalue weighted by Crippen LogP contribution is -2.64. The lowest BCUT2D eigenvalue weighted by atomic mass is 9.33. The minimum atomic E-state index is 0.151. The van der Waals surface area contributed by atoms with E-state index in [1.807, 2.05) is 0 Å². The van der Waals surface area contributed by atoms with Gasteiger partial charge in [-0.05, 0) is 96.4 Å². The first kappa shape index (κ1) is 21.3. The summed E-state index contributed by atoms with van der Waals surface area (Å²) in [4.78, 5) is 23.5. The molecule has 0 aliphatic heterocycles. The van der Waals surface area contributed by atoms with Crippen LogP contribution in [0.3, 0.4) is 0 Å². The second kappa shape index (κ2) is 6.54. The monoisotopic (exact) mass is 398 g/mol. The third-order valence-electron chi connectivity index (χ3n) is 11.5. The van der Waals surface area contributed by atoms with Gasteiger partial charge < -0.3 is 0 Å². The predicted octanol–water partition coefficient (Wildman–Crippen LogP) is 6.78. The third kappa shape index (κ3) is 2.79. The lowest BCUT2D eigenvalue weighted by molar-refractivity contribution is -0.222. The van der Waals surface area contributed by atoms with Crippen molar-refractivity contribution in [1.82, 2.24) is 0 Å². The van der Waals surface area contributed by atoms with Crippen molar-refractivity contribution in [3.8, 4) is 0 Å². The Morgan fingerprint density at radius 2 is 1.59 bits per heavy atom. The van der Waals surface area contributed by atoms with Crippen LogP contribution >= 0.6 is 0 Å². The Bertz CT molecular complexity index is 739. The Hall–Kier alpha value is -0.920. The van der Waals surface area contributed by atoms with Gasteiger partial charge in [-0.25, -0.2) is 0 Å². The lowest BCUT2D eigenvalue weighted by Gasteiger charge is -2.71. The highest BCUT2D eigenvalue weighted by atomic mass is 16.1. The summed E-state index contributed by atoms with van der Waals surface area (Å²) >= 11 is 0. The van der Waals surface area contributed by atoms with Gasteiger partial charge in [-0.15, -0.1) is 0 Å². The van der Waals surface area contributed by atoms with Crippen molar-refractivity contribution >= 4 is 12.1 Å². The summed E-state index contributed by atoms with van der Waals surface area (Å²) in [5, 5.41) is 0. The molecule has 0 aromatic rings.